The predicted octanol–water partition coefficient (Wildman–Crippen LogP) is 3.37. The number of rotatable bonds is 1. The van der Waals surface area contributed by atoms with Crippen molar-refractivity contribution in [3.8, 4) is 5.75 Å². The molecule has 1 N–H and O–H groups in total. The van der Waals surface area contributed by atoms with Gasteiger partial charge in [-0.15, -0.1) is 0 Å². The molecule has 0 amide bonds. The molecule has 86 valence electrons. The lowest BCUT2D eigenvalue weighted by molar-refractivity contribution is 0.286. The van der Waals surface area contributed by atoms with Crippen molar-refractivity contribution in [1.82, 2.24) is 0 Å². The van der Waals surface area contributed by atoms with Gasteiger partial charge in [0, 0.05) is 6.07 Å². The van der Waals surface area contributed by atoms with E-state index in [0.29, 0.717) is 18.0 Å². The predicted molar refractivity (Wildman–Crippen MR) is 64.7 cm³/mol. The van der Waals surface area contributed by atoms with E-state index in [-0.39, 0.29) is 11.9 Å². The fourth-order valence-corrected chi connectivity index (χ4v) is 2.01. The zero-order valence-corrected chi connectivity index (χ0v) is 9.19. The molecule has 1 atom stereocenters. The van der Waals surface area contributed by atoms with Gasteiger partial charge in [0.05, 0.1) is 11.7 Å². The van der Waals surface area contributed by atoms with E-state index in [1.165, 1.54) is 12.1 Å². The summed E-state index contributed by atoms with van der Waals surface area (Å²) in [5.41, 5.74) is 1.85. The van der Waals surface area contributed by atoms with Crippen LogP contribution in [0.2, 0.25) is 0 Å². The SMILES string of the molecule is Fc1ccc2c(c1)NC(c1ccccc1)CO2. The molecule has 1 heterocycles. The summed E-state index contributed by atoms with van der Waals surface area (Å²) in [6.45, 7) is 0.558. The molecule has 0 saturated heterocycles. The van der Waals surface area contributed by atoms with Crippen LogP contribution in [0.1, 0.15) is 11.6 Å². The molecule has 0 spiro atoms. The van der Waals surface area contributed by atoms with E-state index in [9.17, 15) is 4.39 Å². The Hall–Kier alpha value is -2.03. The first kappa shape index (κ1) is 10.1. The summed E-state index contributed by atoms with van der Waals surface area (Å²) in [7, 11) is 0. The third-order valence-electron chi connectivity index (χ3n) is 2.88. The number of hydrogen-bond acceptors (Lipinski definition) is 2. The topological polar surface area (TPSA) is 21.3 Å². The van der Waals surface area contributed by atoms with E-state index < -0.39 is 0 Å². The lowest BCUT2D eigenvalue weighted by Crippen LogP contribution is -2.23. The number of halogens is 1. The van der Waals surface area contributed by atoms with Crippen molar-refractivity contribution in [2.45, 2.75) is 6.04 Å². The standard InChI is InChI=1S/C14H12FNO/c15-11-6-7-14-12(8-11)16-13(9-17-14)10-4-2-1-3-5-10/h1-8,13,16H,9H2. The first-order valence-electron chi connectivity index (χ1n) is 5.57. The lowest BCUT2D eigenvalue weighted by atomic mass is 10.1. The van der Waals surface area contributed by atoms with Gasteiger partial charge in [0.15, 0.2) is 0 Å². The quantitative estimate of drug-likeness (QED) is 0.809. The maximum Gasteiger partial charge on any atom is 0.142 e. The molecule has 0 bridgehead atoms. The second kappa shape index (κ2) is 4.09. The van der Waals surface area contributed by atoms with Gasteiger partial charge >= 0.3 is 0 Å². The van der Waals surface area contributed by atoms with Crippen molar-refractivity contribution in [3.05, 3.63) is 59.9 Å². The molecule has 0 radical (unpaired) electrons. The third-order valence-corrected chi connectivity index (χ3v) is 2.88. The average molecular weight is 229 g/mol. The summed E-state index contributed by atoms with van der Waals surface area (Å²) in [6, 6.07) is 14.6. The Morgan fingerprint density at radius 3 is 2.76 bits per heavy atom. The number of nitrogens with one attached hydrogen (secondary N) is 1. The highest BCUT2D eigenvalue weighted by molar-refractivity contribution is 5.59. The van der Waals surface area contributed by atoms with Gasteiger partial charge in [0.2, 0.25) is 0 Å². The van der Waals surface area contributed by atoms with Gasteiger partial charge in [-0.1, -0.05) is 30.3 Å². The zero-order chi connectivity index (χ0) is 11.7. The Labute approximate surface area is 99.0 Å². The van der Waals surface area contributed by atoms with E-state index in [4.69, 9.17) is 4.74 Å². The molecule has 2 nitrogen and oxygen atoms in total. The van der Waals surface area contributed by atoms with Gasteiger partial charge in [-0.3, -0.25) is 0 Å². The molecule has 0 fully saturated rings. The van der Waals surface area contributed by atoms with Crippen molar-refractivity contribution in [2.75, 3.05) is 11.9 Å². The highest BCUT2D eigenvalue weighted by Gasteiger charge is 2.20. The van der Waals surface area contributed by atoms with Gasteiger partial charge in [0.1, 0.15) is 18.2 Å². The van der Waals surface area contributed by atoms with Crippen LogP contribution in [0.25, 0.3) is 0 Å². The van der Waals surface area contributed by atoms with E-state index >= 15 is 0 Å². The average Bonchev–Trinajstić information content (AvgIpc) is 2.39. The number of hydrogen-bond donors (Lipinski definition) is 1. The van der Waals surface area contributed by atoms with E-state index in [0.717, 1.165) is 5.56 Å². The lowest BCUT2D eigenvalue weighted by Gasteiger charge is -2.27. The minimum atomic E-state index is -0.256. The Morgan fingerprint density at radius 2 is 1.94 bits per heavy atom. The molecule has 3 rings (SSSR count). The largest absolute Gasteiger partial charge is 0.489 e. The summed E-state index contributed by atoms with van der Waals surface area (Å²) < 4.78 is 18.7. The fraction of sp³-hybridized carbons (Fsp3) is 0.143. The highest BCUT2D eigenvalue weighted by Crippen LogP contribution is 2.33. The molecule has 17 heavy (non-hydrogen) atoms. The number of ether oxygens (including phenoxy) is 1. The van der Waals surface area contributed by atoms with Gasteiger partial charge in [-0.25, -0.2) is 4.39 Å². The Kier molecular flexibility index (Phi) is 2.44. The fourth-order valence-electron chi connectivity index (χ4n) is 2.01. The van der Waals surface area contributed by atoms with Crippen molar-refractivity contribution < 1.29 is 9.13 Å². The zero-order valence-electron chi connectivity index (χ0n) is 9.19. The maximum atomic E-state index is 13.1. The van der Waals surface area contributed by atoms with Gasteiger partial charge in [-0.2, -0.15) is 0 Å². The van der Waals surface area contributed by atoms with Crippen molar-refractivity contribution >= 4 is 5.69 Å². The van der Waals surface area contributed by atoms with Crippen LogP contribution in [-0.4, -0.2) is 6.61 Å². The maximum absolute atomic E-state index is 13.1. The van der Waals surface area contributed by atoms with Crippen LogP contribution in [0.4, 0.5) is 10.1 Å². The van der Waals surface area contributed by atoms with Crippen LogP contribution in [0, 0.1) is 5.82 Å². The Bertz CT molecular complexity index is 527. The summed E-state index contributed by atoms with van der Waals surface area (Å²) >= 11 is 0. The summed E-state index contributed by atoms with van der Waals surface area (Å²) in [5.74, 6) is 0.451. The summed E-state index contributed by atoms with van der Waals surface area (Å²) in [4.78, 5) is 0. The second-order valence-electron chi connectivity index (χ2n) is 4.06. The van der Waals surface area contributed by atoms with Crippen LogP contribution in [0.3, 0.4) is 0 Å². The number of benzene rings is 2. The van der Waals surface area contributed by atoms with Crippen molar-refractivity contribution in [3.63, 3.8) is 0 Å². The molecule has 2 aromatic carbocycles. The monoisotopic (exact) mass is 229 g/mol. The minimum Gasteiger partial charge on any atom is -0.489 e. The van der Waals surface area contributed by atoms with Crippen LogP contribution in [0.15, 0.2) is 48.5 Å². The molecule has 0 aliphatic carbocycles. The van der Waals surface area contributed by atoms with Gasteiger partial charge < -0.3 is 10.1 Å². The molecule has 3 heteroatoms. The van der Waals surface area contributed by atoms with Crippen molar-refractivity contribution in [1.29, 1.82) is 0 Å². The molecule has 0 aromatic heterocycles. The van der Waals surface area contributed by atoms with E-state index in [2.05, 4.69) is 5.32 Å². The Morgan fingerprint density at radius 1 is 1.12 bits per heavy atom. The normalized spacial score (nSPS) is 17.8. The van der Waals surface area contributed by atoms with Gasteiger partial charge in [0.25, 0.3) is 0 Å². The molecule has 0 saturated carbocycles. The molecular weight excluding hydrogens is 217 g/mol. The highest BCUT2D eigenvalue weighted by atomic mass is 19.1. The van der Waals surface area contributed by atoms with Gasteiger partial charge in [-0.05, 0) is 17.7 Å². The van der Waals surface area contributed by atoms with Crippen LogP contribution in [0.5, 0.6) is 5.75 Å². The van der Waals surface area contributed by atoms with Crippen LogP contribution in [-0.2, 0) is 0 Å². The Balaban J connectivity index is 1.90. The second-order valence-corrected chi connectivity index (χ2v) is 4.06. The van der Waals surface area contributed by atoms with E-state index in [1.807, 2.05) is 30.3 Å². The molecule has 1 aliphatic rings. The van der Waals surface area contributed by atoms with Crippen LogP contribution < -0.4 is 10.1 Å². The van der Waals surface area contributed by atoms with Crippen molar-refractivity contribution in [2.24, 2.45) is 0 Å². The van der Waals surface area contributed by atoms with Crippen LogP contribution >= 0.6 is 0 Å². The summed E-state index contributed by atoms with van der Waals surface area (Å²) in [6.07, 6.45) is 0. The van der Waals surface area contributed by atoms with E-state index in [1.54, 1.807) is 6.07 Å². The molecule has 1 unspecified atom stereocenters. The first-order chi connectivity index (χ1) is 8.33. The number of anilines is 1. The molecular formula is C14H12FNO. The summed E-state index contributed by atoms with van der Waals surface area (Å²) in [5, 5.41) is 3.29. The smallest absolute Gasteiger partial charge is 0.142 e. The number of fused-ring (bicyclic) bond motifs is 1. The minimum absolute atomic E-state index is 0.0745. The first-order valence-corrected chi connectivity index (χ1v) is 5.57. The molecule has 2 aromatic rings. The third kappa shape index (κ3) is 1.96. The molecule has 1 aliphatic heterocycles.